The minimum Gasteiger partial charge on any atom is -0.326 e. The number of benzene rings is 2. The van der Waals surface area contributed by atoms with Gasteiger partial charge in [0.2, 0.25) is 11.8 Å². The van der Waals surface area contributed by atoms with Crippen molar-refractivity contribution in [2.45, 2.75) is 25.9 Å². The van der Waals surface area contributed by atoms with Gasteiger partial charge in [-0.2, -0.15) is 0 Å². The van der Waals surface area contributed by atoms with E-state index in [1.165, 1.54) is 24.0 Å². The van der Waals surface area contributed by atoms with Crippen LogP contribution in [0.15, 0.2) is 53.0 Å². The summed E-state index contributed by atoms with van der Waals surface area (Å²) in [7, 11) is 0. The number of hydrogen-bond acceptors (Lipinski definition) is 3. The molecule has 0 aliphatic carbocycles. The van der Waals surface area contributed by atoms with E-state index in [1.807, 2.05) is 0 Å². The zero-order valence-electron chi connectivity index (χ0n) is 14.0. The van der Waals surface area contributed by atoms with Crippen LogP contribution in [0.4, 0.5) is 10.1 Å². The second-order valence-electron chi connectivity index (χ2n) is 6.04. The summed E-state index contributed by atoms with van der Waals surface area (Å²) in [6.07, 6.45) is -0.0737. The molecule has 3 amide bonds. The second kappa shape index (κ2) is 7.37. The zero-order chi connectivity index (χ0) is 18.8. The lowest BCUT2D eigenvalue weighted by atomic mass is 10.1. The van der Waals surface area contributed by atoms with E-state index in [9.17, 15) is 18.8 Å². The van der Waals surface area contributed by atoms with Gasteiger partial charge in [0, 0.05) is 17.9 Å². The van der Waals surface area contributed by atoms with Gasteiger partial charge < -0.3 is 4.90 Å². The number of carbonyl (C=O) groups excluding carboxylic acids is 3. The van der Waals surface area contributed by atoms with Crippen molar-refractivity contribution in [3.05, 3.63) is 64.4 Å². The standard InChI is InChI=1S/C19H16BrFN2O3/c1-12(24)22(11-13-2-6-15(21)7-3-13)17-10-18(25)23(19(17)26)16-8-4-14(20)5-9-16/h2-9,17H,10-11H2,1H3. The Kier molecular flexibility index (Phi) is 5.18. The van der Waals surface area contributed by atoms with E-state index in [0.29, 0.717) is 11.3 Å². The van der Waals surface area contributed by atoms with Gasteiger partial charge in [-0.05, 0) is 42.0 Å². The Bertz CT molecular complexity index is 852. The normalized spacial score (nSPS) is 16.9. The van der Waals surface area contributed by atoms with Crippen LogP contribution in [0.5, 0.6) is 0 Å². The summed E-state index contributed by atoms with van der Waals surface area (Å²) in [5, 5.41) is 0. The molecule has 0 N–H and O–H groups in total. The average molecular weight is 419 g/mol. The molecule has 7 heteroatoms. The number of hydrogen-bond donors (Lipinski definition) is 0. The first-order chi connectivity index (χ1) is 12.4. The lowest BCUT2D eigenvalue weighted by molar-refractivity contribution is -0.137. The third-order valence-corrected chi connectivity index (χ3v) is 4.78. The van der Waals surface area contributed by atoms with Gasteiger partial charge in [-0.3, -0.25) is 14.4 Å². The number of imide groups is 1. The Morgan fingerprint density at radius 3 is 2.35 bits per heavy atom. The maximum Gasteiger partial charge on any atom is 0.257 e. The van der Waals surface area contributed by atoms with Crippen molar-refractivity contribution in [3.63, 3.8) is 0 Å². The molecule has 0 spiro atoms. The Labute approximate surface area is 158 Å². The van der Waals surface area contributed by atoms with Gasteiger partial charge in [-0.1, -0.05) is 28.1 Å². The predicted molar refractivity (Wildman–Crippen MR) is 97.7 cm³/mol. The minimum absolute atomic E-state index is 0.0737. The molecular formula is C19H16BrFN2O3. The number of rotatable bonds is 4. The van der Waals surface area contributed by atoms with Crippen LogP contribution < -0.4 is 4.90 Å². The zero-order valence-corrected chi connectivity index (χ0v) is 15.6. The van der Waals surface area contributed by atoms with E-state index in [0.717, 1.165) is 9.37 Å². The van der Waals surface area contributed by atoms with Crippen LogP contribution in [0.3, 0.4) is 0 Å². The summed E-state index contributed by atoms with van der Waals surface area (Å²) in [4.78, 5) is 39.8. The average Bonchev–Trinajstić information content (AvgIpc) is 2.89. The van der Waals surface area contributed by atoms with Gasteiger partial charge in [-0.25, -0.2) is 9.29 Å². The number of nitrogens with zero attached hydrogens (tertiary/aromatic N) is 2. The fourth-order valence-electron chi connectivity index (χ4n) is 2.95. The van der Waals surface area contributed by atoms with Crippen LogP contribution in [-0.4, -0.2) is 28.7 Å². The first kappa shape index (κ1) is 18.3. The molecule has 0 bridgehead atoms. The van der Waals surface area contributed by atoms with E-state index in [1.54, 1.807) is 36.4 Å². The Morgan fingerprint density at radius 1 is 1.15 bits per heavy atom. The van der Waals surface area contributed by atoms with Crippen molar-refractivity contribution in [2.24, 2.45) is 0 Å². The molecule has 2 aromatic carbocycles. The van der Waals surface area contributed by atoms with Crippen molar-refractivity contribution in [1.29, 1.82) is 0 Å². The van der Waals surface area contributed by atoms with Crippen LogP contribution >= 0.6 is 15.9 Å². The summed E-state index contributed by atoms with van der Waals surface area (Å²) >= 11 is 3.31. The molecule has 134 valence electrons. The Hall–Kier alpha value is -2.54. The van der Waals surface area contributed by atoms with E-state index < -0.39 is 11.9 Å². The number of amides is 3. The van der Waals surface area contributed by atoms with Gasteiger partial charge in [-0.15, -0.1) is 0 Å². The van der Waals surface area contributed by atoms with Crippen molar-refractivity contribution in [2.75, 3.05) is 4.90 Å². The van der Waals surface area contributed by atoms with Crippen molar-refractivity contribution >= 4 is 39.3 Å². The van der Waals surface area contributed by atoms with E-state index in [-0.39, 0.29) is 30.6 Å². The van der Waals surface area contributed by atoms with Crippen LogP contribution in [0.25, 0.3) is 0 Å². The molecule has 1 heterocycles. The maximum atomic E-state index is 13.1. The number of halogens is 2. The predicted octanol–water partition coefficient (Wildman–Crippen LogP) is 3.27. The molecule has 2 aromatic rings. The van der Waals surface area contributed by atoms with Crippen LogP contribution in [0, 0.1) is 5.82 Å². The first-order valence-corrected chi connectivity index (χ1v) is 8.80. The van der Waals surface area contributed by atoms with Gasteiger partial charge in [0.15, 0.2) is 0 Å². The lowest BCUT2D eigenvalue weighted by Gasteiger charge is -2.26. The van der Waals surface area contributed by atoms with Crippen molar-refractivity contribution < 1.29 is 18.8 Å². The summed E-state index contributed by atoms with van der Waals surface area (Å²) in [6, 6.07) is 11.6. The highest BCUT2D eigenvalue weighted by atomic mass is 79.9. The number of anilines is 1. The lowest BCUT2D eigenvalue weighted by Crippen LogP contribution is -2.44. The molecule has 26 heavy (non-hydrogen) atoms. The third-order valence-electron chi connectivity index (χ3n) is 4.25. The van der Waals surface area contributed by atoms with Crippen LogP contribution in [0.1, 0.15) is 18.9 Å². The highest BCUT2D eigenvalue weighted by Crippen LogP contribution is 2.28. The maximum absolute atomic E-state index is 13.1. The number of carbonyl (C=O) groups is 3. The molecule has 1 fully saturated rings. The van der Waals surface area contributed by atoms with Gasteiger partial charge in [0.05, 0.1) is 12.1 Å². The fourth-order valence-corrected chi connectivity index (χ4v) is 3.21. The van der Waals surface area contributed by atoms with Gasteiger partial charge >= 0.3 is 0 Å². The second-order valence-corrected chi connectivity index (χ2v) is 6.95. The Balaban J connectivity index is 1.85. The fraction of sp³-hybridized carbons (Fsp3) is 0.211. The first-order valence-electron chi connectivity index (χ1n) is 8.01. The third kappa shape index (κ3) is 3.67. The highest BCUT2D eigenvalue weighted by molar-refractivity contribution is 9.10. The van der Waals surface area contributed by atoms with Crippen LogP contribution in [0.2, 0.25) is 0 Å². The van der Waals surface area contributed by atoms with Crippen molar-refractivity contribution in [3.8, 4) is 0 Å². The van der Waals surface area contributed by atoms with E-state index in [2.05, 4.69) is 15.9 Å². The minimum atomic E-state index is -0.867. The summed E-state index contributed by atoms with van der Waals surface area (Å²) < 4.78 is 13.9. The molecule has 0 radical (unpaired) electrons. The summed E-state index contributed by atoms with van der Waals surface area (Å²) in [5.74, 6) is -1.49. The SMILES string of the molecule is CC(=O)N(Cc1ccc(F)cc1)C1CC(=O)N(c2ccc(Br)cc2)C1=O. The quantitative estimate of drug-likeness (QED) is 0.715. The molecule has 0 saturated carbocycles. The summed E-state index contributed by atoms with van der Waals surface area (Å²) in [6.45, 7) is 1.48. The molecule has 1 aliphatic rings. The van der Waals surface area contributed by atoms with E-state index in [4.69, 9.17) is 0 Å². The van der Waals surface area contributed by atoms with Crippen molar-refractivity contribution in [1.82, 2.24) is 4.90 Å². The monoisotopic (exact) mass is 418 g/mol. The van der Waals surface area contributed by atoms with Crippen LogP contribution in [-0.2, 0) is 20.9 Å². The smallest absolute Gasteiger partial charge is 0.257 e. The molecule has 1 saturated heterocycles. The van der Waals surface area contributed by atoms with E-state index >= 15 is 0 Å². The topological polar surface area (TPSA) is 57.7 Å². The summed E-state index contributed by atoms with van der Waals surface area (Å²) in [5.41, 5.74) is 1.15. The molecule has 3 rings (SSSR count). The highest BCUT2D eigenvalue weighted by Gasteiger charge is 2.43. The van der Waals surface area contributed by atoms with Gasteiger partial charge in [0.1, 0.15) is 11.9 Å². The molecule has 1 unspecified atom stereocenters. The Morgan fingerprint density at radius 2 is 1.77 bits per heavy atom. The molecular weight excluding hydrogens is 403 g/mol. The molecule has 0 aromatic heterocycles. The largest absolute Gasteiger partial charge is 0.326 e. The van der Waals surface area contributed by atoms with Gasteiger partial charge in [0.25, 0.3) is 5.91 Å². The molecule has 1 aliphatic heterocycles. The molecule has 1 atom stereocenters. The molecule has 5 nitrogen and oxygen atoms in total.